The van der Waals surface area contributed by atoms with E-state index in [1.165, 1.54) is 6.08 Å². The fraction of sp³-hybridized carbons (Fsp3) is 0. The van der Waals surface area contributed by atoms with Crippen molar-refractivity contribution in [3.05, 3.63) is 49.2 Å². The molecule has 0 saturated carbocycles. The molecular weight excluding hydrogens is 202 g/mol. The van der Waals surface area contributed by atoms with E-state index in [1.54, 1.807) is 6.20 Å². The number of rotatable bonds is 3. The zero-order valence-corrected chi connectivity index (χ0v) is 8.60. The Labute approximate surface area is 93.0 Å². The minimum Gasteiger partial charge on any atom is -0.323 e. The van der Waals surface area contributed by atoms with Gasteiger partial charge in [-0.2, -0.15) is 5.10 Å². The van der Waals surface area contributed by atoms with E-state index in [9.17, 15) is 4.79 Å². The van der Waals surface area contributed by atoms with Crippen LogP contribution in [0.3, 0.4) is 0 Å². The summed E-state index contributed by atoms with van der Waals surface area (Å²) < 4.78 is 0. The van der Waals surface area contributed by atoms with Crippen LogP contribution in [0.4, 0.5) is 5.69 Å². The van der Waals surface area contributed by atoms with Gasteiger partial charge in [0.1, 0.15) is 0 Å². The number of H-pyrrole nitrogens is 1. The van der Waals surface area contributed by atoms with Crippen LogP contribution in [0.2, 0.25) is 0 Å². The molecule has 0 atom stereocenters. The summed E-state index contributed by atoms with van der Waals surface area (Å²) >= 11 is 0. The first-order valence-electron chi connectivity index (χ1n) is 4.83. The third-order valence-corrected chi connectivity index (χ3v) is 2.15. The van der Waals surface area contributed by atoms with Crippen LogP contribution in [-0.2, 0) is 4.79 Å². The van der Waals surface area contributed by atoms with Crippen molar-refractivity contribution in [1.82, 2.24) is 10.2 Å². The average Bonchev–Trinajstić information content (AvgIpc) is 2.83. The maximum atomic E-state index is 11.0. The molecule has 1 aromatic heterocycles. The van der Waals surface area contributed by atoms with Crippen molar-refractivity contribution in [1.29, 1.82) is 0 Å². The average molecular weight is 213 g/mol. The zero-order valence-electron chi connectivity index (χ0n) is 8.60. The van der Waals surface area contributed by atoms with Crippen LogP contribution in [0, 0.1) is 0 Å². The molecule has 0 spiro atoms. The molecule has 1 aromatic carbocycles. The van der Waals surface area contributed by atoms with Crippen molar-refractivity contribution in [2.75, 3.05) is 5.32 Å². The normalized spacial score (nSPS) is 9.75. The molecule has 0 unspecified atom stereocenters. The zero-order chi connectivity index (χ0) is 11.4. The van der Waals surface area contributed by atoms with Crippen LogP contribution in [0.1, 0.15) is 0 Å². The van der Waals surface area contributed by atoms with Crippen LogP contribution in [0.25, 0.3) is 11.3 Å². The van der Waals surface area contributed by atoms with Crippen molar-refractivity contribution in [3.63, 3.8) is 0 Å². The highest BCUT2D eigenvalue weighted by molar-refractivity contribution is 5.98. The third-order valence-electron chi connectivity index (χ3n) is 2.15. The number of hydrogen-bond acceptors (Lipinski definition) is 2. The second-order valence-electron chi connectivity index (χ2n) is 3.24. The summed E-state index contributed by atoms with van der Waals surface area (Å²) in [5.74, 6) is -0.214. The Morgan fingerprint density at radius 3 is 2.62 bits per heavy atom. The van der Waals surface area contributed by atoms with Crippen molar-refractivity contribution >= 4 is 11.6 Å². The smallest absolute Gasteiger partial charge is 0.247 e. The highest BCUT2D eigenvalue weighted by Crippen LogP contribution is 2.18. The molecule has 0 aliphatic carbocycles. The number of carbonyl (C=O) groups excluding carboxylic acids is 1. The number of amides is 1. The van der Waals surface area contributed by atoms with Gasteiger partial charge < -0.3 is 5.32 Å². The standard InChI is InChI=1S/C12H11N3O/c1-2-12(16)14-10-5-3-9(4-6-10)11-7-8-13-15-11/h2-8H,1H2,(H,13,15)(H,14,16). The van der Waals surface area contributed by atoms with E-state index < -0.39 is 0 Å². The van der Waals surface area contributed by atoms with Crippen molar-refractivity contribution in [3.8, 4) is 11.3 Å². The lowest BCUT2D eigenvalue weighted by Crippen LogP contribution is -2.06. The van der Waals surface area contributed by atoms with Crippen LogP contribution in [0.5, 0.6) is 0 Å². The second kappa shape index (κ2) is 4.44. The molecule has 2 aromatic rings. The molecule has 4 heteroatoms. The molecule has 0 bridgehead atoms. The SMILES string of the molecule is C=CC(=O)Nc1ccc(-c2ccn[nH]2)cc1. The van der Waals surface area contributed by atoms with E-state index in [2.05, 4.69) is 22.1 Å². The van der Waals surface area contributed by atoms with Gasteiger partial charge in [0.25, 0.3) is 0 Å². The number of nitrogens with zero attached hydrogens (tertiary/aromatic N) is 1. The molecule has 2 rings (SSSR count). The Bertz CT molecular complexity index is 485. The summed E-state index contributed by atoms with van der Waals surface area (Å²) in [7, 11) is 0. The first-order chi connectivity index (χ1) is 7.79. The minimum absolute atomic E-state index is 0.214. The van der Waals surface area contributed by atoms with Crippen molar-refractivity contribution < 1.29 is 4.79 Å². The molecule has 0 aliphatic rings. The van der Waals surface area contributed by atoms with E-state index in [1.807, 2.05) is 30.3 Å². The highest BCUT2D eigenvalue weighted by Gasteiger charge is 2.00. The van der Waals surface area contributed by atoms with Gasteiger partial charge in [-0.25, -0.2) is 0 Å². The van der Waals surface area contributed by atoms with E-state index >= 15 is 0 Å². The predicted molar refractivity (Wildman–Crippen MR) is 62.9 cm³/mol. The topological polar surface area (TPSA) is 57.8 Å². The predicted octanol–water partition coefficient (Wildman–Crippen LogP) is 2.20. The van der Waals surface area contributed by atoms with E-state index in [0.29, 0.717) is 0 Å². The molecule has 0 aliphatic heterocycles. The van der Waals surface area contributed by atoms with Crippen LogP contribution in [0.15, 0.2) is 49.2 Å². The molecule has 80 valence electrons. The number of aromatic nitrogens is 2. The molecule has 16 heavy (non-hydrogen) atoms. The summed E-state index contributed by atoms with van der Waals surface area (Å²) in [4.78, 5) is 11.0. The molecule has 1 heterocycles. The van der Waals surface area contributed by atoms with Gasteiger partial charge in [-0.15, -0.1) is 0 Å². The summed E-state index contributed by atoms with van der Waals surface area (Å²) in [6, 6.07) is 9.37. The highest BCUT2D eigenvalue weighted by atomic mass is 16.1. The van der Waals surface area contributed by atoms with E-state index in [4.69, 9.17) is 0 Å². The molecule has 0 fully saturated rings. The van der Waals surface area contributed by atoms with Gasteiger partial charge in [0, 0.05) is 11.9 Å². The lowest BCUT2D eigenvalue weighted by Gasteiger charge is -2.03. The molecular formula is C12H11N3O. The molecule has 2 N–H and O–H groups in total. The Balaban J connectivity index is 2.17. The summed E-state index contributed by atoms with van der Waals surface area (Å²) in [6.07, 6.45) is 2.94. The largest absolute Gasteiger partial charge is 0.323 e. The maximum absolute atomic E-state index is 11.0. The number of anilines is 1. The monoisotopic (exact) mass is 213 g/mol. The summed E-state index contributed by atoms with van der Waals surface area (Å²) in [5.41, 5.74) is 2.71. The van der Waals surface area contributed by atoms with Crippen LogP contribution >= 0.6 is 0 Å². The van der Waals surface area contributed by atoms with Crippen molar-refractivity contribution in [2.24, 2.45) is 0 Å². The number of carbonyl (C=O) groups is 1. The van der Waals surface area contributed by atoms with Gasteiger partial charge >= 0.3 is 0 Å². The lowest BCUT2D eigenvalue weighted by molar-refractivity contribution is -0.111. The Morgan fingerprint density at radius 1 is 1.31 bits per heavy atom. The van der Waals surface area contributed by atoms with Gasteiger partial charge in [-0.05, 0) is 29.8 Å². The van der Waals surface area contributed by atoms with Crippen LogP contribution in [-0.4, -0.2) is 16.1 Å². The fourth-order valence-electron chi connectivity index (χ4n) is 1.34. The van der Waals surface area contributed by atoms with Gasteiger partial charge in [0.05, 0.1) is 5.69 Å². The Kier molecular flexibility index (Phi) is 2.82. The van der Waals surface area contributed by atoms with E-state index in [-0.39, 0.29) is 5.91 Å². The van der Waals surface area contributed by atoms with Gasteiger partial charge in [0.2, 0.25) is 5.91 Å². The number of benzene rings is 1. The number of nitrogens with one attached hydrogen (secondary N) is 2. The lowest BCUT2D eigenvalue weighted by atomic mass is 10.1. The van der Waals surface area contributed by atoms with E-state index in [0.717, 1.165) is 16.9 Å². The Morgan fingerprint density at radius 2 is 2.06 bits per heavy atom. The first-order valence-corrected chi connectivity index (χ1v) is 4.83. The molecule has 4 nitrogen and oxygen atoms in total. The summed E-state index contributed by atoms with van der Waals surface area (Å²) in [5, 5.41) is 9.43. The van der Waals surface area contributed by atoms with Crippen LogP contribution < -0.4 is 5.32 Å². The minimum atomic E-state index is -0.214. The quantitative estimate of drug-likeness (QED) is 0.768. The molecule has 1 amide bonds. The second-order valence-corrected chi connectivity index (χ2v) is 3.24. The fourth-order valence-corrected chi connectivity index (χ4v) is 1.34. The third kappa shape index (κ3) is 2.17. The molecule has 0 radical (unpaired) electrons. The van der Waals surface area contributed by atoms with Gasteiger partial charge in [0.15, 0.2) is 0 Å². The first kappa shape index (κ1) is 10.2. The number of aromatic amines is 1. The Hall–Kier alpha value is -2.36. The molecule has 0 saturated heterocycles. The summed E-state index contributed by atoms with van der Waals surface area (Å²) in [6.45, 7) is 3.39. The van der Waals surface area contributed by atoms with Gasteiger partial charge in [-0.1, -0.05) is 18.7 Å². The maximum Gasteiger partial charge on any atom is 0.247 e. The number of hydrogen-bond donors (Lipinski definition) is 2. The van der Waals surface area contributed by atoms with Crippen molar-refractivity contribution in [2.45, 2.75) is 0 Å². The van der Waals surface area contributed by atoms with Gasteiger partial charge in [-0.3, -0.25) is 9.89 Å².